The van der Waals surface area contributed by atoms with E-state index in [9.17, 15) is 15.0 Å². The van der Waals surface area contributed by atoms with Crippen molar-refractivity contribution in [2.75, 3.05) is 6.61 Å². The Bertz CT molecular complexity index is 1090. The molecule has 8 heteroatoms. The summed E-state index contributed by atoms with van der Waals surface area (Å²) in [6, 6.07) is 0. The molecule has 9 atom stereocenters. The molecule has 8 bridgehead atoms. The average Bonchev–Trinajstić information content (AvgIpc) is 3.43. The van der Waals surface area contributed by atoms with Crippen LogP contribution in [0.15, 0.2) is 12.2 Å². The predicted molar refractivity (Wildman–Crippen MR) is 136 cm³/mol. The lowest BCUT2D eigenvalue weighted by Gasteiger charge is -2.62. The summed E-state index contributed by atoms with van der Waals surface area (Å²) in [4.78, 5) is 12.4. The summed E-state index contributed by atoms with van der Waals surface area (Å²) in [5.41, 5.74) is -1.03. The van der Waals surface area contributed by atoms with Gasteiger partial charge in [0.2, 0.25) is 0 Å². The fourth-order valence-electron chi connectivity index (χ4n) is 11.9. The van der Waals surface area contributed by atoms with Crippen molar-refractivity contribution in [3.63, 3.8) is 0 Å². The second-order valence-electron chi connectivity index (χ2n) is 15.4. The van der Waals surface area contributed by atoms with E-state index in [4.69, 9.17) is 23.7 Å². The number of carbonyl (C=O) groups is 1. The van der Waals surface area contributed by atoms with Crippen molar-refractivity contribution >= 4 is 5.97 Å². The predicted octanol–water partition coefficient (Wildman–Crippen LogP) is 3.23. The third kappa shape index (κ3) is 3.25. The number of rotatable bonds is 3. The Balaban J connectivity index is 1.05. The lowest BCUT2D eigenvalue weighted by atomic mass is 9.47. The standard InChI is InChI=1S/C31H42O8/c1-15(2)26(32)35-14-23-24-22(13-30(37-24)18-3-16-4-19(30)10-28(33,7-16)9-18)25-27(36-23)39-31(38-25)20-5-17-6-21(31)12-29(34,8-17)11-20/h16-25,27,33-34H,1,3-14H2,2H3/t16?,17?,18?,19?,20?,21?,22-,23+,24+,25+,27+,28?,29?,30?,31?/m0/s1. The highest BCUT2D eigenvalue weighted by Gasteiger charge is 2.73. The van der Waals surface area contributed by atoms with Gasteiger partial charge in [0.15, 0.2) is 12.1 Å². The van der Waals surface area contributed by atoms with E-state index in [2.05, 4.69) is 6.58 Å². The Morgan fingerprint density at radius 2 is 1.41 bits per heavy atom. The Morgan fingerprint density at radius 3 is 2.00 bits per heavy atom. The first-order chi connectivity index (χ1) is 18.6. The quantitative estimate of drug-likeness (QED) is 0.414. The van der Waals surface area contributed by atoms with Crippen LogP contribution in [0, 0.1) is 41.4 Å². The van der Waals surface area contributed by atoms with E-state index >= 15 is 0 Å². The minimum absolute atomic E-state index is 0.0732. The van der Waals surface area contributed by atoms with Crippen LogP contribution in [-0.2, 0) is 28.5 Å². The maximum absolute atomic E-state index is 12.4. The molecular formula is C31H42O8. The van der Waals surface area contributed by atoms with Gasteiger partial charge in [-0.15, -0.1) is 0 Å². The van der Waals surface area contributed by atoms with E-state index in [1.807, 2.05) is 0 Å². The summed E-state index contributed by atoms with van der Waals surface area (Å²) in [7, 11) is 0. The minimum Gasteiger partial charge on any atom is -0.459 e. The fraction of sp³-hybridized carbons (Fsp3) is 0.903. The number of ether oxygens (including phenoxy) is 5. The molecule has 3 aliphatic heterocycles. The van der Waals surface area contributed by atoms with Crippen molar-refractivity contribution in [1.82, 2.24) is 0 Å². The molecule has 8 aliphatic carbocycles. The van der Waals surface area contributed by atoms with Gasteiger partial charge in [-0.2, -0.15) is 0 Å². The topological polar surface area (TPSA) is 104 Å². The molecule has 214 valence electrons. The molecule has 8 nitrogen and oxygen atoms in total. The van der Waals surface area contributed by atoms with Crippen molar-refractivity contribution in [3.8, 4) is 0 Å². The Morgan fingerprint density at radius 1 is 0.821 bits per heavy atom. The molecule has 0 aromatic rings. The van der Waals surface area contributed by atoms with Crippen molar-refractivity contribution in [1.29, 1.82) is 0 Å². The number of aliphatic hydroxyl groups is 2. The van der Waals surface area contributed by atoms with E-state index in [1.165, 1.54) is 0 Å². The molecule has 11 aliphatic rings. The lowest BCUT2D eigenvalue weighted by Crippen LogP contribution is -2.64. The Hall–Kier alpha value is -1.03. The molecule has 0 radical (unpaired) electrons. The Kier molecular flexibility index (Phi) is 4.83. The van der Waals surface area contributed by atoms with Gasteiger partial charge < -0.3 is 33.9 Å². The molecule has 11 fully saturated rings. The highest BCUT2D eigenvalue weighted by atomic mass is 16.8. The second-order valence-corrected chi connectivity index (χ2v) is 15.4. The van der Waals surface area contributed by atoms with Crippen LogP contribution in [0.4, 0.5) is 0 Å². The van der Waals surface area contributed by atoms with Gasteiger partial charge in [-0.25, -0.2) is 4.79 Å². The summed E-state index contributed by atoms with van der Waals surface area (Å²) in [5, 5.41) is 22.5. The van der Waals surface area contributed by atoms with Crippen molar-refractivity contribution < 1.29 is 38.7 Å². The highest BCUT2D eigenvalue weighted by Crippen LogP contribution is 2.68. The van der Waals surface area contributed by atoms with E-state index in [0.717, 1.165) is 70.6 Å². The summed E-state index contributed by atoms with van der Waals surface area (Å²) in [6.07, 6.45) is 8.66. The molecule has 2 N–H and O–H groups in total. The monoisotopic (exact) mass is 542 g/mol. The summed E-state index contributed by atoms with van der Waals surface area (Å²) < 4.78 is 33.4. The fourth-order valence-corrected chi connectivity index (χ4v) is 11.9. The molecular weight excluding hydrogens is 500 g/mol. The number of hydrogen-bond acceptors (Lipinski definition) is 8. The number of hydrogen-bond donors (Lipinski definition) is 2. The van der Waals surface area contributed by atoms with Crippen LogP contribution in [-0.4, -0.2) is 70.0 Å². The summed E-state index contributed by atoms with van der Waals surface area (Å²) in [6.45, 7) is 5.48. The Labute approximate surface area is 229 Å². The first kappa shape index (κ1) is 24.6. The molecule has 8 saturated carbocycles. The zero-order valence-electron chi connectivity index (χ0n) is 22.9. The van der Waals surface area contributed by atoms with E-state index in [0.29, 0.717) is 29.2 Å². The van der Waals surface area contributed by atoms with E-state index < -0.39 is 35.4 Å². The van der Waals surface area contributed by atoms with Crippen molar-refractivity contribution in [3.05, 3.63) is 12.2 Å². The van der Waals surface area contributed by atoms with Crippen LogP contribution in [0.3, 0.4) is 0 Å². The molecule has 3 saturated heterocycles. The van der Waals surface area contributed by atoms with E-state index in [-0.39, 0.29) is 42.2 Å². The van der Waals surface area contributed by atoms with Crippen molar-refractivity contribution in [2.45, 2.75) is 125 Å². The van der Waals surface area contributed by atoms with Crippen LogP contribution in [0.25, 0.3) is 0 Å². The van der Waals surface area contributed by atoms with Crippen LogP contribution < -0.4 is 0 Å². The van der Waals surface area contributed by atoms with Gasteiger partial charge in [0, 0.05) is 23.3 Å². The van der Waals surface area contributed by atoms with Gasteiger partial charge in [-0.3, -0.25) is 0 Å². The molecule has 0 amide bonds. The third-order valence-electron chi connectivity index (χ3n) is 12.9. The number of carbonyl (C=O) groups excluding carboxylic acids is 1. The highest BCUT2D eigenvalue weighted by molar-refractivity contribution is 5.86. The van der Waals surface area contributed by atoms with Gasteiger partial charge in [0.1, 0.15) is 18.8 Å². The van der Waals surface area contributed by atoms with Gasteiger partial charge >= 0.3 is 5.97 Å². The van der Waals surface area contributed by atoms with Crippen LogP contribution in [0.5, 0.6) is 0 Å². The molecule has 39 heavy (non-hydrogen) atoms. The number of esters is 1. The maximum Gasteiger partial charge on any atom is 0.333 e. The minimum atomic E-state index is -0.707. The largest absolute Gasteiger partial charge is 0.459 e. The molecule has 0 aromatic heterocycles. The maximum atomic E-state index is 12.4. The third-order valence-corrected chi connectivity index (χ3v) is 12.9. The molecule has 4 unspecified atom stereocenters. The van der Waals surface area contributed by atoms with Gasteiger partial charge in [0.25, 0.3) is 0 Å². The average molecular weight is 543 g/mol. The summed E-state index contributed by atoms with van der Waals surface area (Å²) >= 11 is 0. The van der Waals surface area contributed by atoms with Crippen LogP contribution in [0.1, 0.15) is 77.6 Å². The first-order valence-corrected chi connectivity index (χ1v) is 15.5. The van der Waals surface area contributed by atoms with Crippen molar-refractivity contribution in [2.24, 2.45) is 41.4 Å². The van der Waals surface area contributed by atoms with Crippen LogP contribution >= 0.6 is 0 Å². The van der Waals surface area contributed by atoms with Gasteiger partial charge in [-0.1, -0.05) is 6.58 Å². The van der Waals surface area contributed by atoms with E-state index in [1.54, 1.807) is 6.92 Å². The zero-order valence-corrected chi connectivity index (χ0v) is 22.9. The SMILES string of the molecule is C=C(C)C(=O)OC[C@H]1O[C@@H]2OC3(O[C@@H]2[C@H]2CC4(O[C@H]21)C1CC2CC4CC(O)(C2)C1)C1CC2CC3CC(O)(C2)C1. The first-order valence-electron chi connectivity index (χ1n) is 15.5. The van der Waals surface area contributed by atoms with Crippen LogP contribution in [0.2, 0.25) is 0 Å². The zero-order chi connectivity index (χ0) is 26.5. The molecule has 0 aromatic carbocycles. The number of fused-ring (bicyclic) bond motifs is 3. The normalized spacial score (nSPS) is 61.2. The second kappa shape index (κ2) is 7.67. The van der Waals surface area contributed by atoms with Gasteiger partial charge in [0.05, 0.1) is 22.9 Å². The summed E-state index contributed by atoms with van der Waals surface area (Å²) in [5.74, 6) is 1.11. The smallest absolute Gasteiger partial charge is 0.333 e. The molecule has 3 heterocycles. The lowest BCUT2D eigenvalue weighted by molar-refractivity contribution is -0.335. The molecule has 2 spiro atoms. The molecule has 11 rings (SSSR count). The van der Waals surface area contributed by atoms with Gasteiger partial charge in [-0.05, 0) is 101 Å².